The first-order chi connectivity index (χ1) is 10.2. The van der Waals surface area contributed by atoms with Crippen molar-refractivity contribution in [1.29, 1.82) is 5.26 Å². The molecule has 1 aromatic carbocycles. The average Bonchev–Trinajstić information content (AvgIpc) is 2.86. The molecule has 0 saturated carbocycles. The molecule has 2 aromatic heterocycles. The number of rotatable bonds is 3. The first kappa shape index (κ1) is 13.4. The number of imidazole rings is 1. The molecule has 104 valence electrons. The van der Waals surface area contributed by atoms with Gasteiger partial charge in [0.25, 0.3) is 0 Å². The van der Waals surface area contributed by atoms with Crippen molar-refractivity contribution in [3.8, 4) is 17.3 Å². The summed E-state index contributed by atoms with van der Waals surface area (Å²) < 4.78 is 2.03. The second-order valence-electron chi connectivity index (χ2n) is 5.23. The number of fused-ring (bicyclic) bond motifs is 1. The molecule has 21 heavy (non-hydrogen) atoms. The van der Waals surface area contributed by atoms with E-state index in [0.29, 0.717) is 6.42 Å². The van der Waals surface area contributed by atoms with Crippen molar-refractivity contribution in [3.05, 3.63) is 59.4 Å². The number of nitriles is 1. The van der Waals surface area contributed by atoms with Gasteiger partial charge in [-0.1, -0.05) is 37.3 Å². The molecule has 0 aliphatic heterocycles. The molecular weight excluding hydrogens is 258 g/mol. The molecule has 3 aromatic rings. The van der Waals surface area contributed by atoms with Crippen molar-refractivity contribution in [2.75, 3.05) is 0 Å². The van der Waals surface area contributed by atoms with Crippen LogP contribution in [0, 0.1) is 18.3 Å². The normalized spacial score (nSPS) is 10.7. The molecular formula is C18H17N3. The summed E-state index contributed by atoms with van der Waals surface area (Å²) >= 11 is 0. The van der Waals surface area contributed by atoms with E-state index in [1.54, 1.807) is 0 Å². The van der Waals surface area contributed by atoms with Crippen LogP contribution in [0.2, 0.25) is 0 Å². The zero-order chi connectivity index (χ0) is 14.8. The van der Waals surface area contributed by atoms with Crippen LogP contribution in [-0.2, 0) is 12.8 Å². The van der Waals surface area contributed by atoms with E-state index in [1.165, 1.54) is 5.56 Å². The highest BCUT2D eigenvalue weighted by molar-refractivity contribution is 5.67. The maximum atomic E-state index is 9.13. The van der Waals surface area contributed by atoms with Crippen LogP contribution in [0.25, 0.3) is 16.9 Å². The van der Waals surface area contributed by atoms with Gasteiger partial charge in [0.2, 0.25) is 0 Å². The molecule has 0 aliphatic carbocycles. The van der Waals surface area contributed by atoms with Gasteiger partial charge in [0.05, 0.1) is 23.9 Å². The van der Waals surface area contributed by atoms with E-state index in [-0.39, 0.29) is 0 Å². The molecule has 3 nitrogen and oxygen atoms in total. The number of pyridine rings is 1. The maximum Gasteiger partial charge on any atom is 0.137 e. The van der Waals surface area contributed by atoms with Crippen molar-refractivity contribution in [3.63, 3.8) is 0 Å². The van der Waals surface area contributed by atoms with Crippen LogP contribution in [0.3, 0.4) is 0 Å². The first-order valence-electron chi connectivity index (χ1n) is 7.16. The molecule has 0 atom stereocenters. The summed E-state index contributed by atoms with van der Waals surface area (Å²) in [7, 11) is 0. The van der Waals surface area contributed by atoms with Gasteiger partial charge in [0.1, 0.15) is 5.65 Å². The highest BCUT2D eigenvalue weighted by atomic mass is 15.0. The van der Waals surface area contributed by atoms with Gasteiger partial charge in [-0.05, 0) is 30.5 Å². The second-order valence-corrected chi connectivity index (χ2v) is 5.23. The Bertz CT molecular complexity index is 820. The Labute approximate surface area is 124 Å². The van der Waals surface area contributed by atoms with E-state index in [1.807, 2.05) is 29.7 Å². The van der Waals surface area contributed by atoms with Gasteiger partial charge in [-0.3, -0.25) is 0 Å². The molecule has 3 rings (SSSR count). The molecule has 0 bridgehead atoms. The predicted molar refractivity (Wildman–Crippen MR) is 84.1 cm³/mol. The fourth-order valence-corrected chi connectivity index (χ4v) is 2.57. The van der Waals surface area contributed by atoms with Crippen LogP contribution in [0.15, 0.2) is 42.6 Å². The smallest absolute Gasteiger partial charge is 0.137 e. The summed E-state index contributed by atoms with van der Waals surface area (Å²) in [4.78, 5) is 4.71. The third-order valence-electron chi connectivity index (χ3n) is 3.75. The highest BCUT2D eigenvalue weighted by Crippen LogP contribution is 2.25. The molecule has 2 heterocycles. The standard InChI is InChI=1S/C18H17N3/c1-3-14-5-7-15(8-6-14)18-16(10-11-19)21-12-13(2)4-9-17(21)20-18/h4-9,12H,3,10H2,1-2H3. The fraction of sp³-hybridized carbons (Fsp3) is 0.222. The minimum atomic E-state index is 0.357. The van der Waals surface area contributed by atoms with Crippen LogP contribution in [-0.4, -0.2) is 9.38 Å². The van der Waals surface area contributed by atoms with Crippen LogP contribution >= 0.6 is 0 Å². The third-order valence-corrected chi connectivity index (χ3v) is 3.75. The van der Waals surface area contributed by atoms with E-state index in [2.05, 4.69) is 37.3 Å². The number of nitrogens with zero attached hydrogens (tertiary/aromatic N) is 3. The van der Waals surface area contributed by atoms with Crippen molar-refractivity contribution < 1.29 is 0 Å². The number of hydrogen-bond donors (Lipinski definition) is 0. The van der Waals surface area contributed by atoms with Crippen molar-refractivity contribution in [2.45, 2.75) is 26.7 Å². The van der Waals surface area contributed by atoms with Crippen molar-refractivity contribution >= 4 is 5.65 Å². The third kappa shape index (κ3) is 2.41. The Morgan fingerprint density at radius 3 is 2.57 bits per heavy atom. The monoisotopic (exact) mass is 275 g/mol. The number of aromatic nitrogens is 2. The predicted octanol–water partition coefficient (Wildman–Crippen LogP) is 3.94. The second kappa shape index (κ2) is 5.41. The summed E-state index contributed by atoms with van der Waals surface area (Å²) in [5, 5.41) is 9.13. The summed E-state index contributed by atoms with van der Waals surface area (Å²) in [6.45, 7) is 4.19. The first-order valence-corrected chi connectivity index (χ1v) is 7.16. The highest BCUT2D eigenvalue weighted by Gasteiger charge is 2.13. The van der Waals surface area contributed by atoms with Gasteiger partial charge in [-0.2, -0.15) is 5.26 Å². The lowest BCUT2D eigenvalue weighted by Crippen LogP contribution is -1.94. The van der Waals surface area contributed by atoms with Crippen LogP contribution in [0.4, 0.5) is 0 Å². The van der Waals surface area contributed by atoms with Gasteiger partial charge < -0.3 is 4.40 Å². The van der Waals surface area contributed by atoms with Crippen molar-refractivity contribution in [2.24, 2.45) is 0 Å². The summed E-state index contributed by atoms with van der Waals surface area (Å²) in [5.74, 6) is 0. The fourth-order valence-electron chi connectivity index (χ4n) is 2.57. The van der Waals surface area contributed by atoms with Gasteiger partial charge in [0, 0.05) is 11.8 Å². The molecule has 0 radical (unpaired) electrons. The summed E-state index contributed by atoms with van der Waals surface area (Å²) in [6.07, 6.45) is 3.42. The molecule has 0 fully saturated rings. The quantitative estimate of drug-likeness (QED) is 0.726. The van der Waals surface area contributed by atoms with Crippen LogP contribution < -0.4 is 0 Å². The van der Waals surface area contributed by atoms with E-state index < -0.39 is 0 Å². The lowest BCUT2D eigenvalue weighted by molar-refractivity contribution is 1.04. The van der Waals surface area contributed by atoms with Crippen molar-refractivity contribution in [1.82, 2.24) is 9.38 Å². The molecule has 0 aliphatic rings. The Kier molecular flexibility index (Phi) is 3.45. The minimum Gasteiger partial charge on any atom is -0.302 e. The van der Waals surface area contributed by atoms with Gasteiger partial charge in [-0.25, -0.2) is 4.98 Å². The largest absolute Gasteiger partial charge is 0.302 e. The number of aryl methyl sites for hydroxylation is 2. The van der Waals surface area contributed by atoms with E-state index >= 15 is 0 Å². The zero-order valence-corrected chi connectivity index (χ0v) is 12.3. The molecule has 0 N–H and O–H groups in total. The molecule has 0 unspecified atom stereocenters. The van der Waals surface area contributed by atoms with E-state index in [9.17, 15) is 0 Å². The van der Waals surface area contributed by atoms with Crippen LogP contribution in [0.5, 0.6) is 0 Å². The minimum absolute atomic E-state index is 0.357. The Morgan fingerprint density at radius 1 is 1.14 bits per heavy atom. The van der Waals surface area contributed by atoms with E-state index in [4.69, 9.17) is 10.2 Å². The summed E-state index contributed by atoms with van der Waals surface area (Å²) in [6, 6.07) is 14.7. The Hall–Kier alpha value is -2.60. The lowest BCUT2D eigenvalue weighted by Gasteiger charge is -2.03. The Morgan fingerprint density at radius 2 is 1.90 bits per heavy atom. The number of hydrogen-bond acceptors (Lipinski definition) is 2. The lowest BCUT2D eigenvalue weighted by atomic mass is 10.1. The molecule has 0 amide bonds. The average molecular weight is 275 g/mol. The van der Waals surface area contributed by atoms with Gasteiger partial charge in [-0.15, -0.1) is 0 Å². The van der Waals surface area contributed by atoms with E-state index in [0.717, 1.165) is 34.6 Å². The van der Waals surface area contributed by atoms with Gasteiger partial charge in [0.15, 0.2) is 0 Å². The Balaban J connectivity index is 2.20. The zero-order valence-electron chi connectivity index (χ0n) is 12.3. The van der Waals surface area contributed by atoms with Gasteiger partial charge >= 0.3 is 0 Å². The topological polar surface area (TPSA) is 41.1 Å². The number of benzene rings is 1. The van der Waals surface area contributed by atoms with Crippen LogP contribution in [0.1, 0.15) is 23.7 Å². The molecule has 0 spiro atoms. The molecule has 3 heteroatoms. The SMILES string of the molecule is CCc1ccc(-c2nc3ccc(C)cn3c2CC#N)cc1. The molecule has 0 saturated heterocycles. The summed E-state index contributed by atoms with van der Waals surface area (Å²) in [5.41, 5.74) is 6.29. The maximum absolute atomic E-state index is 9.13.